The zero-order valence-electron chi connectivity index (χ0n) is 12.8. The average Bonchev–Trinajstić information content (AvgIpc) is 2.50. The molecular weight excluding hydrogens is 340 g/mol. The molecule has 0 aliphatic carbocycles. The van der Waals surface area contributed by atoms with E-state index in [-0.39, 0.29) is 17.7 Å². The van der Waals surface area contributed by atoms with Gasteiger partial charge in [-0.1, -0.05) is 17.7 Å². The predicted octanol–water partition coefficient (Wildman–Crippen LogP) is 0.600. The van der Waals surface area contributed by atoms with Crippen molar-refractivity contribution >= 4 is 40.7 Å². The molecule has 0 saturated carbocycles. The van der Waals surface area contributed by atoms with Gasteiger partial charge in [-0.3, -0.25) is 20.4 Å². The fourth-order valence-corrected chi connectivity index (χ4v) is 2.06. The highest BCUT2D eigenvalue weighted by Gasteiger charge is 2.09. The van der Waals surface area contributed by atoms with E-state index in [1.54, 1.807) is 25.3 Å². The number of carbonyl (C=O) groups is 2. The van der Waals surface area contributed by atoms with Crippen LogP contribution in [0.1, 0.15) is 17.3 Å². The number of hydrogen-bond acceptors (Lipinski definition) is 4. The van der Waals surface area contributed by atoms with Crippen molar-refractivity contribution < 1.29 is 14.3 Å². The van der Waals surface area contributed by atoms with Gasteiger partial charge in [0.25, 0.3) is 11.8 Å². The Morgan fingerprint density at radius 1 is 1.35 bits per heavy atom. The Balaban J connectivity index is 2.29. The van der Waals surface area contributed by atoms with Crippen molar-refractivity contribution in [2.24, 2.45) is 0 Å². The van der Waals surface area contributed by atoms with Gasteiger partial charge in [-0.25, -0.2) is 0 Å². The van der Waals surface area contributed by atoms with Gasteiger partial charge in [-0.2, -0.15) is 0 Å². The van der Waals surface area contributed by atoms with E-state index >= 15 is 0 Å². The van der Waals surface area contributed by atoms with Crippen molar-refractivity contribution in [2.45, 2.75) is 13.0 Å². The molecule has 23 heavy (non-hydrogen) atoms. The molecule has 0 aliphatic heterocycles. The molecule has 1 aromatic rings. The first-order valence-corrected chi connectivity index (χ1v) is 7.59. The average molecular weight is 359 g/mol. The maximum atomic E-state index is 11.8. The third kappa shape index (κ3) is 7.78. The molecule has 4 N–H and O–H groups in total. The number of amides is 2. The normalized spacial score (nSPS) is 11.3. The van der Waals surface area contributed by atoms with Gasteiger partial charge in [0.1, 0.15) is 0 Å². The van der Waals surface area contributed by atoms with E-state index in [9.17, 15) is 9.59 Å². The SMILES string of the molecule is COC[C@H](C)NC(=S)NNC(=O)CNC(=O)c1cccc(Cl)c1. The summed E-state index contributed by atoms with van der Waals surface area (Å²) in [5.74, 6) is -0.832. The summed E-state index contributed by atoms with van der Waals surface area (Å²) in [6.07, 6.45) is 0. The third-order valence-electron chi connectivity index (χ3n) is 2.61. The molecular formula is C14H19ClN4O3S. The molecule has 2 amide bonds. The summed E-state index contributed by atoms with van der Waals surface area (Å²) in [6.45, 7) is 2.16. The molecule has 0 bridgehead atoms. The summed E-state index contributed by atoms with van der Waals surface area (Å²) in [4.78, 5) is 23.5. The van der Waals surface area contributed by atoms with Crippen LogP contribution in [0.15, 0.2) is 24.3 Å². The first kappa shape index (κ1) is 19.1. The van der Waals surface area contributed by atoms with Crippen molar-refractivity contribution in [3.05, 3.63) is 34.9 Å². The van der Waals surface area contributed by atoms with Gasteiger partial charge in [-0.05, 0) is 37.3 Å². The zero-order valence-corrected chi connectivity index (χ0v) is 14.4. The minimum atomic E-state index is -0.441. The summed E-state index contributed by atoms with van der Waals surface area (Å²) < 4.78 is 4.95. The van der Waals surface area contributed by atoms with E-state index in [4.69, 9.17) is 28.6 Å². The Labute approximate surface area is 145 Å². The van der Waals surface area contributed by atoms with Crippen LogP contribution in [0.25, 0.3) is 0 Å². The predicted molar refractivity (Wildman–Crippen MR) is 92.1 cm³/mol. The van der Waals surface area contributed by atoms with Crippen LogP contribution < -0.4 is 21.5 Å². The molecule has 9 heteroatoms. The Morgan fingerprint density at radius 3 is 2.74 bits per heavy atom. The smallest absolute Gasteiger partial charge is 0.257 e. The quantitative estimate of drug-likeness (QED) is 0.440. The van der Waals surface area contributed by atoms with Crippen LogP contribution in [0.5, 0.6) is 0 Å². The van der Waals surface area contributed by atoms with Gasteiger partial charge in [-0.15, -0.1) is 0 Å². The van der Waals surface area contributed by atoms with E-state index in [0.717, 1.165) is 0 Å². The molecule has 1 rings (SSSR count). The fraction of sp³-hybridized carbons (Fsp3) is 0.357. The van der Waals surface area contributed by atoms with Gasteiger partial charge in [0, 0.05) is 23.7 Å². The minimum Gasteiger partial charge on any atom is -0.383 e. The van der Waals surface area contributed by atoms with E-state index in [2.05, 4.69) is 21.5 Å². The lowest BCUT2D eigenvalue weighted by atomic mass is 10.2. The molecule has 0 unspecified atom stereocenters. The van der Waals surface area contributed by atoms with Gasteiger partial charge in [0.05, 0.1) is 13.2 Å². The number of halogens is 1. The van der Waals surface area contributed by atoms with Crippen LogP contribution in [0, 0.1) is 0 Å². The minimum absolute atomic E-state index is 0.000524. The Morgan fingerprint density at radius 2 is 2.09 bits per heavy atom. The standard InChI is InChI=1S/C14H19ClN4O3S/c1-9(8-22-2)17-14(23)19-18-12(20)7-16-13(21)10-4-3-5-11(15)6-10/h3-6,9H,7-8H2,1-2H3,(H,16,21)(H,18,20)(H2,17,19,23)/t9-/m0/s1. The number of carbonyl (C=O) groups excluding carboxylic acids is 2. The van der Waals surface area contributed by atoms with E-state index in [0.29, 0.717) is 17.2 Å². The summed E-state index contributed by atoms with van der Waals surface area (Å²) in [7, 11) is 1.58. The van der Waals surface area contributed by atoms with Gasteiger partial charge in [0.2, 0.25) is 0 Å². The number of thiocarbonyl (C=S) groups is 1. The Bertz CT molecular complexity index is 571. The lowest BCUT2D eigenvalue weighted by Crippen LogP contribution is -2.52. The van der Waals surface area contributed by atoms with Crippen LogP contribution in [-0.2, 0) is 9.53 Å². The number of hydrogen-bond donors (Lipinski definition) is 4. The second-order valence-electron chi connectivity index (χ2n) is 4.70. The van der Waals surface area contributed by atoms with E-state index in [1.807, 2.05) is 6.92 Å². The van der Waals surface area contributed by atoms with Crippen molar-refractivity contribution in [2.75, 3.05) is 20.3 Å². The molecule has 0 heterocycles. The molecule has 0 aliphatic rings. The van der Waals surface area contributed by atoms with Crippen molar-refractivity contribution in [1.29, 1.82) is 0 Å². The Kier molecular flexibility index (Phi) is 8.31. The lowest BCUT2D eigenvalue weighted by molar-refractivity contribution is -0.120. The van der Waals surface area contributed by atoms with Crippen LogP contribution >= 0.6 is 23.8 Å². The molecule has 0 fully saturated rings. The summed E-state index contributed by atoms with van der Waals surface area (Å²) in [5, 5.41) is 6.09. The topological polar surface area (TPSA) is 91.5 Å². The highest BCUT2D eigenvalue weighted by molar-refractivity contribution is 7.80. The maximum absolute atomic E-state index is 11.8. The number of methoxy groups -OCH3 is 1. The van der Waals surface area contributed by atoms with Gasteiger partial charge in [0.15, 0.2) is 5.11 Å². The monoisotopic (exact) mass is 358 g/mol. The third-order valence-corrected chi connectivity index (χ3v) is 3.06. The largest absolute Gasteiger partial charge is 0.383 e. The van der Waals surface area contributed by atoms with Crippen LogP contribution in [-0.4, -0.2) is 43.2 Å². The highest BCUT2D eigenvalue weighted by Crippen LogP contribution is 2.10. The van der Waals surface area contributed by atoms with Gasteiger partial charge >= 0.3 is 0 Å². The van der Waals surface area contributed by atoms with Crippen molar-refractivity contribution in [3.8, 4) is 0 Å². The molecule has 1 atom stereocenters. The highest BCUT2D eigenvalue weighted by atomic mass is 35.5. The first-order chi connectivity index (χ1) is 10.9. The number of hydrazine groups is 1. The number of rotatable bonds is 6. The van der Waals surface area contributed by atoms with Gasteiger partial charge < -0.3 is 15.4 Å². The van der Waals surface area contributed by atoms with Crippen molar-refractivity contribution in [3.63, 3.8) is 0 Å². The second-order valence-corrected chi connectivity index (χ2v) is 5.54. The van der Waals surface area contributed by atoms with Crippen LogP contribution in [0.2, 0.25) is 5.02 Å². The molecule has 0 spiro atoms. The molecule has 126 valence electrons. The Hall–Kier alpha value is -1.90. The summed E-state index contributed by atoms with van der Waals surface area (Å²) in [5.41, 5.74) is 5.29. The van der Waals surface area contributed by atoms with Crippen LogP contribution in [0.4, 0.5) is 0 Å². The molecule has 1 aromatic carbocycles. The summed E-state index contributed by atoms with van der Waals surface area (Å²) >= 11 is 10.8. The first-order valence-electron chi connectivity index (χ1n) is 6.80. The lowest BCUT2D eigenvalue weighted by Gasteiger charge is -2.16. The van der Waals surface area contributed by atoms with E-state index < -0.39 is 11.8 Å². The summed E-state index contributed by atoms with van der Waals surface area (Å²) in [6, 6.07) is 6.44. The molecule has 0 saturated heterocycles. The van der Waals surface area contributed by atoms with E-state index in [1.165, 1.54) is 6.07 Å². The molecule has 7 nitrogen and oxygen atoms in total. The fourth-order valence-electron chi connectivity index (χ4n) is 1.61. The second kappa shape index (κ2) is 9.98. The molecule has 0 radical (unpaired) electrons. The van der Waals surface area contributed by atoms with Crippen LogP contribution in [0.3, 0.4) is 0 Å². The zero-order chi connectivity index (χ0) is 17.2. The number of ether oxygens (including phenoxy) is 1. The van der Waals surface area contributed by atoms with Crippen molar-refractivity contribution in [1.82, 2.24) is 21.5 Å². The number of nitrogens with one attached hydrogen (secondary N) is 4. The maximum Gasteiger partial charge on any atom is 0.257 e. The number of benzene rings is 1. The molecule has 0 aromatic heterocycles.